The number of carbonyl (C=O) groups excluding carboxylic acids is 1. The maximum absolute atomic E-state index is 11.8. The van der Waals surface area contributed by atoms with Crippen molar-refractivity contribution in [3.63, 3.8) is 0 Å². The van der Waals surface area contributed by atoms with Crippen LogP contribution >= 0.6 is 0 Å². The number of pyridine rings is 1. The van der Waals surface area contributed by atoms with E-state index in [1.807, 2.05) is 37.4 Å². The van der Waals surface area contributed by atoms with Crippen LogP contribution in [0.25, 0.3) is 38.6 Å². The first-order valence-electron chi connectivity index (χ1n) is 9.66. The molecule has 0 aliphatic carbocycles. The molecule has 1 aliphatic rings. The second kappa shape index (κ2) is 6.81. The largest absolute Gasteiger partial charge is 0.383 e. The van der Waals surface area contributed by atoms with Crippen LogP contribution in [0.1, 0.15) is 12.6 Å². The number of hydrogen-bond donors (Lipinski definition) is 2. The topological polar surface area (TPSA) is 98.7 Å². The molecule has 0 unspecified atom stereocenters. The van der Waals surface area contributed by atoms with Crippen molar-refractivity contribution in [2.75, 3.05) is 5.73 Å². The molecule has 0 saturated carbocycles. The average molecular weight is 396 g/mol. The molecule has 3 aromatic heterocycles. The van der Waals surface area contributed by atoms with Crippen molar-refractivity contribution in [3.05, 3.63) is 67.3 Å². The number of aromatic nitrogens is 4. The van der Waals surface area contributed by atoms with E-state index in [2.05, 4.69) is 43.6 Å². The van der Waals surface area contributed by atoms with Gasteiger partial charge in [-0.25, -0.2) is 9.97 Å². The lowest BCUT2D eigenvalue weighted by molar-refractivity contribution is -0.116. The number of nitrogens with zero attached hydrogens (tertiary/aromatic N) is 4. The van der Waals surface area contributed by atoms with Gasteiger partial charge in [-0.2, -0.15) is 0 Å². The van der Waals surface area contributed by atoms with Crippen LogP contribution in [-0.4, -0.2) is 31.5 Å². The molecule has 1 aliphatic heterocycles. The van der Waals surface area contributed by atoms with E-state index >= 15 is 0 Å². The van der Waals surface area contributed by atoms with Crippen molar-refractivity contribution in [1.82, 2.24) is 24.8 Å². The maximum Gasteiger partial charge on any atom is 0.243 e. The summed E-state index contributed by atoms with van der Waals surface area (Å²) in [5.41, 5.74) is 11.9. The van der Waals surface area contributed by atoms with Gasteiger partial charge >= 0.3 is 0 Å². The van der Waals surface area contributed by atoms with Gasteiger partial charge in [-0.1, -0.05) is 30.9 Å². The molecule has 5 rings (SSSR count). The second-order valence-electron chi connectivity index (χ2n) is 7.38. The zero-order chi connectivity index (χ0) is 20.8. The first-order chi connectivity index (χ1) is 14.6. The Morgan fingerprint density at radius 1 is 1.30 bits per heavy atom. The summed E-state index contributed by atoms with van der Waals surface area (Å²) in [6, 6.07) is 9.94. The minimum Gasteiger partial charge on any atom is -0.383 e. The van der Waals surface area contributed by atoms with Gasteiger partial charge < -0.3 is 15.6 Å². The Hall–Kier alpha value is -4.00. The number of rotatable bonds is 3. The lowest BCUT2D eigenvalue weighted by Gasteiger charge is -2.24. The number of anilines is 1. The normalized spacial score (nSPS) is 15.6. The van der Waals surface area contributed by atoms with Gasteiger partial charge in [0.1, 0.15) is 17.8 Å². The van der Waals surface area contributed by atoms with E-state index in [4.69, 9.17) is 5.73 Å². The van der Waals surface area contributed by atoms with Crippen LogP contribution in [0.15, 0.2) is 61.6 Å². The quantitative estimate of drug-likeness (QED) is 0.518. The van der Waals surface area contributed by atoms with E-state index in [1.54, 1.807) is 0 Å². The number of nitrogens with two attached hydrogens (primary N) is 1. The van der Waals surface area contributed by atoms with E-state index in [0.29, 0.717) is 12.4 Å². The van der Waals surface area contributed by atoms with E-state index in [0.717, 1.165) is 44.3 Å². The molecule has 0 bridgehead atoms. The van der Waals surface area contributed by atoms with Crippen LogP contribution in [0.5, 0.6) is 0 Å². The Bertz CT molecular complexity index is 1370. The zero-order valence-electron chi connectivity index (χ0n) is 16.5. The molecule has 148 valence electrons. The molecule has 0 saturated heterocycles. The van der Waals surface area contributed by atoms with Crippen LogP contribution in [0.4, 0.5) is 5.82 Å². The summed E-state index contributed by atoms with van der Waals surface area (Å²) >= 11 is 0. The number of nitrogens with one attached hydrogen (secondary N) is 1. The van der Waals surface area contributed by atoms with Crippen molar-refractivity contribution in [2.24, 2.45) is 0 Å². The molecule has 0 fully saturated rings. The number of hydrogen-bond acceptors (Lipinski definition) is 5. The van der Waals surface area contributed by atoms with Crippen molar-refractivity contribution >= 4 is 39.2 Å². The highest BCUT2D eigenvalue weighted by atomic mass is 16.1. The molecule has 30 heavy (non-hydrogen) atoms. The molecule has 1 atom stereocenters. The minimum absolute atomic E-state index is 0.169. The third kappa shape index (κ3) is 2.75. The number of fused-ring (bicyclic) bond motifs is 4. The minimum atomic E-state index is -0.211. The molecule has 3 N–H and O–H groups in total. The summed E-state index contributed by atoms with van der Waals surface area (Å²) in [7, 11) is 0. The Balaban J connectivity index is 1.77. The van der Waals surface area contributed by atoms with Crippen LogP contribution < -0.4 is 11.1 Å². The van der Waals surface area contributed by atoms with E-state index < -0.39 is 0 Å². The number of allylic oxidation sites excluding steroid dienone is 1. The number of nitrogen functional groups attached to an aromatic ring is 1. The highest BCUT2D eigenvalue weighted by Gasteiger charge is 2.28. The third-order valence-corrected chi connectivity index (χ3v) is 5.47. The summed E-state index contributed by atoms with van der Waals surface area (Å²) < 4.78 is 2.10. The molecule has 1 aromatic carbocycles. The zero-order valence-corrected chi connectivity index (χ0v) is 16.5. The summed E-state index contributed by atoms with van der Waals surface area (Å²) in [5, 5.41) is 4.80. The molecule has 7 heteroatoms. The summed E-state index contributed by atoms with van der Waals surface area (Å²) in [6.45, 7) is 6.10. The van der Waals surface area contributed by atoms with Gasteiger partial charge in [-0.15, -0.1) is 0 Å². The van der Waals surface area contributed by atoms with Gasteiger partial charge in [0.25, 0.3) is 0 Å². The summed E-state index contributed by atoms with van der Waals surface area (Å²) in [6.07, 6.45) is 6.66. The van der Waals surface area contributed by atoms with Crippen LogP contribution in [0.2, 0.25) is 0 Å². The fourth-order valence-electron chi connectivity index (χ4n) is 4.23. The molecule has 1 amide bonds. The molecule has 0 spiro atoms. The highest BCUT2D eigenvalue weighted by molar-refractivity contribution is 6.07. The molecular formula is C23H20N6O. The van der Waals surface area contributed by atoms with Crippen molar-refractivity contribution < 1.29 is 4.79 Å². The number of benzene rings is 1. The Labute approximate surface area is 173 Å². The molecule has 4 aromatic rings. The number of para-hydroxylation sites is 1. The van der Waals surface area contributed by atoms with Crippen LogP contribution in [0.3, 0.4) is 0 Å². The first-order valence-corrected chi connectivity index (χ1v) is 9.66. The van der Waals surface area contributed by atoms with Gasteiger partial charge in [0.2, 0.25) is 5.91 Å². The maximum atomic E-state index is 11.8. The monoisotopic (exact) mass is 396 g/mol. The fourth-order valence-corrected chi connectivity index (χ4v) is 4.23. The Morgan fingerprint density at radius 3 is 2.97 bits per heavy atom. The van der Waals surface area contributed by atoms with Gasteiger partial charge in [0, 0.05) is 29.3 Å². The number of amides is 1. The van der Waals surface area contributed by atoms with Crippen molar-refractivity contribution in [2.45, 2.75) is 19.5 Å². The number of carbonyl (C=O) groups is 1. The van der Waals surface area contributed by atoms with Crippen LogP contribution in [-0.2, 0) is 11.3 Å². The van der Waals surface area contributed by atoms with Gasteiger partial charge in [0.05, 0.1) is 22.6 Å². The summed E-state index contributed by atoms with van der Waals surface area (Å²) in [4.78, 5) is 25.2. The smallest absolute Gasteiger partial charge is 0.243 e. The second-order valence-corrected chi connectivity index (χ2v) is 7.38. The predicted molar refractivity (Wildman–Crippen MR) is 118 cm³/mol. The Kier molecular flexibility index (Phi) is 4.10. The molecular weight excluding hydrogens is 376 g/mol. The SMILES string of the molecule is C=CC(=O)N[C@H]1C=C(C)c2c(-c3cnc4ccccc4c3)c3c(N)ncnc3n2C1. The van der Waals surface area contributed by atoms with Gasteiger partial charge in [-0.05, 0) is 30.7 Å². The molecule has 0 radical (unpaired) electrons. The molecule has 7 nitrogen and oxygen atoms in total. The fraction of sp³-hybridized carbons (Fsp3) is 0.130. The lowest BCUT2D eigenvalue weighted by atomic mass is 9.97. The van der Waals surface area contributed by atoms with Crippen LogP contribution in [0, 0.1) is 0 Å². The standard InChI is InChI=1S/C23H20N6O/c1-3-18(30)28-16-8-13(2)21-19(15-9-14-6-4-5-7-17(14)25-10-15)20-22(24)26-12-27-23(20)29(21)11-16/h3-10,12,16H,1,11H2,2H3,(H,28,30)(H2,24,26,27)/t16-/m0/s1. The lowest BCUT2D eigenvalue weighted by Crippen LogP contribution is -2.37. The van der Waals surface area contributed by atoms with E-state index in [-0.39, 0.29) is 11.9 Å². The van der Waals surface area contributed by atoms with Crippen molar-refractivity contribution in [3.8, 4) is 11.1 Å². The average Bonchev–Trinajstić information content (AvgIpc) is 3.09. The van der Waals surface area contributed by atoms with Gasteiger partial charge in [-0.3, -0.25) is 9.78 Å². The van der Waals surface area contributed by atoms with Crippen molar-refractivity contribution in [1.29, 1.82) is 0 Å². The van der Waals surface area contributed by atoms with E-state index in [1.165, 1.54) is 12.4 Å². The Morgan fingerprint density at radius 2 is 2.13 bits per heavy atom. The third-order valence-electron chi connectivity index (χ3n) is 5.47. The molecule has 4 heterocycles. The van der Waals surface area contributed by atoms with Gasteiger partial charge in [0.15, 0.2) is 0 Å². The van der Waals surface area contributed by atoms with E-state index in [9.17, 15) is 4.79 Å². The highest BCUT2D eigenvalue weighted by Crippen LogP contribution is 2.41. The summed E-state index contributed by atoms with van der Waals surface area (Å²) in [5.74, 6) is 0.210. The first kappa shape index (κ1) is 18.1. The predicted octanol–water partition coefficient (Wildman–Crippen LogP) is 3.32.